The van der Waals surface area contributed by atoms with Crippen LogP contribution in [0.5, 0.6) is 0 Å². The Morgan fingerprint density at radius 3 is 2.68 bits per heavy atom. The lowest BCUT2D eigenvalue weighted by Crippen LogP contribution is -2.17. The smallest absolute Gasteiger partial charge is 0.413 e. The molecule has 2 aromatic heterocycles. The zero-order valence-corrected chi connectivity index (χ0v) is 16.4. The number of carbonyl (C=O) groups is 1. The van der Waals surface area contributed by atoms with Gasteiger partial charge in [-0.05, 0) is 28.2 Å². The van der Waals surface area contributed by atoms with Crippen LogP contribution in [0.3, 0.4) is 0 Å². The van der Waals surface area contributed by atoms with Crippen molar-refractivity contribution in [2.45, 2.75) is 32.8 Å². The molecule has 0 radical (unpaired) electrons. The molecule has 0 saturated carbocycles. The van der Waals surface area contributed by atoms with Gasteiger partial charge >= 0.3 is 6.09 Å². The number of halogens is 1. The molecule has 0 bridgehead atoms. The van der Waals surface area contributed by atoms with E-state index in [1.165, 1.54) is 0 Å². The minimum Gasteiger partial charge on any atom is -0.444 e. The van der Waals surface area contributed by atoms with Gasteiger partial charge in [0.05, 0.1) is 0 Å². The fourth-order valence-corrected chi connectivity index (χ4v) is 3.22. The number of nitrogens with one attached hydrogen (secondary N) is 1. The first-order chi connectivity index (χ1) is 11.9. The van der Waals surface area contributed by atoms with Gasteiger partial charge in [0.15, 0.2) is 5.82 Å². The zero-order chi connectivity index (χ0) is 18.0. The molecule has 0 aliphatic heterocycles. The number of ether oxygens (including phenoxy) is 1. The lowest BCUT2D eigenvalue weighted by Gasteiger charge is -2.16. The van der Waals surface area contributed by atoms with Crippen LogP contribution in [0.2, 0.25) is 0 Å². The molecule has 0 unspecified atom stereocenters. The number of fused-ring (bicyclic) bond motifs is 1. The quantitative estimate of drug-likeness (QED) is 0.602. The van der Waals surface area contributed by atoms with Crippen molar-refractivity contribution in [2.75, 3.05) is 5.32 Å². The van der Waals surface area contributed by atoms with Crippen molar-refractivity contribution < 1.29 is 9.53 Å². The van der Waals surface area contributed by atoms with Crippen molar-refractivity contribution in [1.29, 1.82) is 0 Å². The Hall–Kier alpha value is -2.16. The monoisotopic (exact) mass is 450 g/mol. The van der Waals surface area contributed by atoms with Crippen LogP contribution in [-0.4, -0.2) is 20.5 Å². The molecule has 3 aromatic rings. The SMILES string of the molecule is CC(C)(C)c1nc(I)c2c(NC(=O)OCc3ccccc3)nccn12. The molecule has 1 aromatic carbocycles. The van der Waals surface area contributed by atoms with Crippen molar-refractivity contribution in [2.24, 2.45) is 0 Å². The van der Waals surface area contributed by atoms with E-state index in [1.54, 1.807) is 6.20 Å². The maximum Gasteiger partial charge on any atom is 0.413 e. The largest absolute Gasteiger partial charge is 0.444 e. The summed E-state index contributed by atoms with van der Waals surface area (Å²) in [4.78, 5) is 21.1. The summed E-state index contributed by atoms with van der Waals surface area (Å²) in [5, 5.41) is 2.72. The van der Waals surface area contributed by atoms with Gasteiger partial charge in [0.25, 0.3) is 0 Å². The molecule has 6 nitrogen and oxygen atoms in total. The molecule has 0 fully saturated rings. The summed E-state index contributed by atoms with van der Waals surface area (Å²) in [5.74, 6) is 1.35. The number of rotatable bonds is 3. The first-order valence-corrected chi connectivity index (χ1v) is 8.95. The fourth-order valence-electron chi connectivity index (χ4n) is 2.47. The summed E-state index contributed by atoms with van der Waals surface area (Å²) in [7, 11) is 0. The summed E-state index contributed by atoms with van der Waals surface area (Å²) in [5.41, 5.74) is 1.57. The van der Waals surface area contributed by atoms with Gasteiger partial charge < -0.3 is 4.74 Å². The van der Waals surface area contributed by atoms with Crippen LogP contribution < -0.4 is 5.32 Å². The first-order valence-electron chi connectivity index (χ1n) is 7.87. The van der Waals surface area contributed by atoms with E-state index >= 15 is 0 Å². The molecule has 0 atom stereocenters. The highest BCUT2D eigenvalue weighted by molar-refractivity contribution is 14.1. The van der Waals surface area contributed by atoms with Gasteiger partial charge in [-0.2, -0.15) is 0 Å². The van der Waals surface area contributed by atoms with Gasteiger partial charge in [0, 0.05) is 17.8 Å². The van der Waals surface area contributed by atoms with E-state index in [0.717, 1.165) is 20.6 Å². The molecule has 1 amide bonds. The zero-order valence-electron chi connectivity index (χ0n) is 14.3. The topological polar surface area (TPSA) is 68.5 Å². The number of anilines is 1. The van der Waals surface area contributed by atoms with Gasteiger partial charge in [-0.15, -0.1) is 0 Å². The van der Waals surface area contributed by atoms with Crippen LogP contribution in [-0.2, 0) is 16.8 Å². The minimum absolute atomic E-state index is 0.126. The summed E-state index contributed by atoms with van der Waals surface area (Å²) in [6.45, 7) is 6.50. The van der Waals surface area contributed by atoms with Gasteiger partial charge in [0.1, 0.15) is 21.6 Å². The fraction of sp³-hybridized carbons (Fsp3) is 0.278. The first kappa shape index (κ1) is 17.7. The number of nitrogens with zero attached hydrogens (tertiary/aromatic N) is 3. The molecule has 0 spiro atoms. The third-order valence-electron chi connectivity index (χ3n) is 3.62. The number of benzene rings is 1. The van der Waals surface area contributed by atoms with E-state index in [9.17, 15) is 4.79 Å². The van der Waals surface area contributed by atoms with Gasteiger partial charge in [-0.25, -0.2) is 14.8 Å². The van der Waals surface area contributed by atoms with Crippen LogP contribution >= 0.6 is 22.6 Å². The third-order valence-corrected chi connectivity index (χ3v) is 4.37. The van der Waals surface area contributed by atoms with Gasteiger partial charge in [0.2, 0.25) is 0 Å². The van der Waals surface area contributed by atoms with E-state index in [-0.39, 0.29) is 12.0 Å². The van der Waals surface area contributed by atoms with Crippen molar-refractivity contribution in [1.82, 2.24) is 14.4 Å². The van der Waals surface area contributed by atoms with Crippen molar-refractivity contribution in [3.05, 3.63) is 57.8 Å². The highest BCUT2D eigenvalue weighted by atomic mass is 127. The average Bonchev–Trinajstić information content (AvgIpc) is 2.92. The van der Waals surface area contributed by atoms with Crippen LogP contribution in [0.15, 0.2) is 42.7 Å². The number of imidazole rings is 1. The third kappa shape index (κ3) is 3.92. The molecule has 0 aliphatic rings. The summed E-state index contributed by atoms with van der Waals surface area (Å²) < 4.78 is 8.02. The summed E-state index contributed by atoms with van der Waals surface area (Å²) >= 11 is 2.16. The predicted octanol–water partition coefficient (Wildman–Crippen LogP) is 4.38. The predicted molar refractivity (Wildman–Crippen MR) is 105 cm³/mol. The molecule has 1 N–H and O–H groups in total. The molecule has 3 rings (SSSR count). The molecule has 0 aliphatic carbocycles. The highest BCUT2D eigenvalue weighted by Gasteiger charge is 2.24. The minimum atomic E-state index is -0.543. The van der Waals surface area contributed by atoms with Gasteiger partial charge in [-0.3, -0.25) is 9.72 Å². The lowest BCUT2D eigenvalue weighted by molar-refractivity contribution is 0.155. The second-order valence-corrected chi connectivity index (χ2v) is 7.68. The number of hydrogen-bond donors (Lipinski definition) is 1. The van der Waals surface area contributed by atoms with E-state index < -0.39 is 6.09 Å². The Bertz CT molecular complexity index is 901. The Balaban J connectivity index is 1.82. The molecule has 0 saturated heterocycles. The van der Waals surface area contributed by atoms with Gasteiger partial charge in [-0.1, -0.05) is 51.1 Å². The Kier molecular flexibility index (Phi) is 4.94. The van der Waals surface area contributed by atoms with Crippen molar-refractivity contribution in [3.8, 4) is 0 Å². The van der Waals surface area contributed by atoms with Crippen molar-refractivity contribution in [3.63, 3.8) is 0 Å². The molecule has 130 valence electrons. The maximum atomic E-state index is 12.1. The molecule has 2 heterocycles. The van der Waals surface area contributed by atoms with Crippen LogP contribution in [0.4, 0.5) is 10.6 Å². The number of amides is 1. The summed E-state index contributed by atoms with van der Waals surface area (Å²) in [6.07, 6.45) is 2.96. The highest BCUT2D eigenvalue weighted by Crippen LogP contribution is 2.28. The number of hydrogen-bond acceptors (Lipinski definition) is 4. The van der Waals surface area contributed by atoms with Crippen LogP contribution in [0, 0.1) is 3.70 Å². The maximum absolute atomic E-state index is 12.1. The Labute approximate surface area is 159 Å². The molecule has 25 heavy (non-hydrogen) atoms. The van der Waals surface area contributed by atoms with Crippen LogP contribution in [0.1, 0.15) is 32.2 Å². The lowest BCUT2D eigenvalue weighted by atomic mass is 9.96. The Morgan fingerprint density at radius 2 is 2.00 bits per heavy atom. The number of carbonyl (C=O) groups excluding carboxylic acids is 1. The van der Waals surface area contributed by atoms with Crippen LogP contribution in [0.25, 0.3) is 5.52 Å². The normalized spacial score (nSPS) is 11.5. The van der Waals surface area contributed by atoms with E-state index in [4.69, 9.17) is 4.74 Å². The average molecular weight is 450 g/mol. The number of aromatic nitrogens is 3. The molecule has 7 heteroatoms. The second kappa shape index (κ2) is 6.99. The summed E-state index contributed by atoms with van der Waals surface area (Å²) in [6, 6.07) is 9.54. The molecular formula is C18H19IN4O2. The standard InChI is InChI=1S/C18H19IN4O2/c1-18(2,3)16-21-14(19)13-15(20-9-10-23(13)16)22-17(24)25-11-12-7-5-4-6-8-12/h4-10H,11H2,1-3H3,(H,20,22,24). The second-order valence-electron chi connectivity index (χ2n) is 6.66. The molecular weight excluding hydrogens is 431 g/mol. The van der Waals surface area contributed by atoms with E-state index in [0.29, 0.717) is 5.82 Å². The Morgan fingerprint density at radius 1 is 1.28 bits per heavy atom. The van der Waals surface area contributed by atoms with Crippen molar-refractivity contribution >= 4 is 40.0 Å². The van der Waals surface area contributed by atoms with E-state index in [1.807, 2.05) is 40.9 Å². The van der Waals surface area contributed by atoms with E-state index in [2.05, 4.69) is 58.6 Å².